The van der Waals surface area contributed by atoms with Gasteiger partial charge in [0.2, 0.25) is 0 Å². The fourth-order valence-electron chi connectivity index (χ4n) is 2.17. The molecule has 0 aliphatic rings. The van der Waals surface area contributed by atoms with Gasteiger partial charge < -0.3 is 10.1 Å². The van der Waals surface area contributed by atoms with Crippen molar-refractivity contribution >= 4 is 15.9 Å². The van der Waals surface area contributed by atoms with Crippen LogP contribution in [0.4, 0.5) is 0 Å². The number of hydrogen-bond acceptors (Lipinski definition) is 2. The molecule has 0 saturated heterocycles. The van der Waals surface area contributed by atoms with Crippen LogP contribution in [-0.2, 0) is 6.54 Å². The Kier molecular flexibility index (Phi) is 5.83. The van der Waals surface area contributed by atoms with Crippen LogP contribution in [0, 0.1) is 0 Å². The third-order valence-corrected chi connectivity index (χ3v) is 3.72. The van der Waals surface area contributed by atoms with Crippen LogP contribution in [0.3, 0.4) is 0 Å². The fourth-order valence-corrected chi connectivity index (χ4v) is 2.61. The molecule has 0 aromatic heterocycles. The quantitative estimate of drug-likeness (QED) is 0.785. The van der Waals surface area contributed by atoms with Crippen LogP contribution in [-0.4, -0.2) is 6.10 Å². The Hall–Kier alpha value is -1.32. The van der Waals surface area contributed by atoms with E-state index in [1.165, 1.54) is 11.1 Å². The number of rotatable bonds is 6. The topological polar surface area (TPSA) is 21.3 Å². The van der Waals surface area contributed by atoms with E-state index < -0.39 is 0 Å². The first-order valence-corrected chi connectivity index (χ1v) is 8.08. The van der Waals surface area contributed by atoms with E-state index in [4.69, 9.17) is 4.74 Å². The van der Waals surface area contributed by atoms with Gasteiger partial charge in [0.1, 0.15) is 5.75 Å². The lowest BCUT2D eigenvalue weighted by atomic mass is 10.1. The van der Waals surface area contributed by atoms with Crippen LogP contribution in [0.25, 0.3) is 0 Å². The Morgan fingerprint density at radius 3 is 2.52 bits per heavy atom. The van der Waals surface area contributed by atoms with Crippen molar-refractivity contribution in [3.05, 3.63) is 64.1 Å². The van der Waals surface area contributed by atoms with E-state index in [0.717, 1.165) is 16.8 Å². The predicted molar refractivity (Wildman–Crippen MR) is 91.6 cm³/mol. The molecule has 3 heteroatoms. The Labute approximate surface area is 135 Å². The summed E-state index contributed by atoms with van der Waals surface area (Å²) in [6.07, 6.45) is 0.199. The summed E-state index contributed by atoms with van der Waals surface area (Å²) in [7, 11) is 0. The molecule has 0 fully saturated rings. The van der Waals surface area contributed by atoms with Gasteiger partial charge in [0.25, 0.3) is 0 Å². The summed E-state index contributed by atoms with van der Waals surface area (Å²) in [5.41, 5.74) is 2.51. The number of hydrogen-bond donors (Lipinski definition) is 1. The van der Waals surface area contributed by atoms with E-state index in [9.17, 15) is 0 Å². The summed E-state index contributed by atoms with van der Waals surface area (Å²) in [5.74, 6) is 0.929. The molecular weight excluding hydrogens is 326 g/mol. The minimum atomic E-state index is 0.199. The molecule has 0 radical (unpaired) electrons. The highest BCUT2D eigenvalue weighted by molar-refractivity contribution is 9.10. The third kappa shape index (κ3) is 5.18. The summed E-state index contributed by atoms with van der Waals surface area (Å²) in [6.45, 7) is 7.10. The lowest BCUT2D eigenvalue weighted by Gasteiger charge is -2.16. The number of benzene rings is 2. The van der Waals surface area contributed by atoms with Gasteiger partial charge >= 0.3 is 0 Å². The van der Waals surface area contributed by atoms with Gasteiger partial charge in [-0.1, -0.05) is 40.2 Å². The highest BCUT2D eigenvalue weighted by Gasteiger charge is 2.07. The van der Waals surface area contributed by atoms with E-state index in [1.807, 2.05) is 32.0 Å². The molecule has 0 saturated carbocycles. The van der Waals surface area contributed by atoms with Crippen LogP contribution in [0.5, 0.6) is 5.75 Å². The first kappa shape index (κ1) is 16.1. The maximum Gasteiger partial charge on any atom is 0.120 e. The van der Waals surface area contributed by atoms with Crippen molar-refractivity contribution < 1.29 is 4.74 Å². The highest BCUT2D eigenvalue weighted by atomic mass is 79.9. The molecule has 1 N–H and O–H groups in total. The molecule has 0 spiro atoms. The normalized spacial score (nSPS) is 12.4. The van der Waals surface area contributed by atoms with Gasteiger partial charge in [0.15, 0.2) is 0 Å². The third-order valence-electron chi connectivity index (χ3n) is 3.23. The second kappa shape index (κ2) is 7.62. The zero-order chi connectivity index (χ0) is 15.2. The smallest absolute Gasteiger partial charge is 0.120 e. The maximum absolute atomic E-state index is 5.75. The lowest BCUT2D eigenvalue weighted by Crippen LogP contribution is -2.18. The fraction of sp³-hybridized carbons (Fsp3) is 0.333. The lowest BCUT2D eigenvalue weighted by molar-refractivity contribution is 0.242. The van der Waals surface area contributed by atoms with Gasteiger partial charge in [-0.3, -0.25) is 0 Å². The maximum atomic E-state index is 5.75. The molecule has 2 aromatic rings. The van der Waals surface area contributed by atoms with Crippen molar-refractivity contribution in [2.75, 3.05) is 0 Å². The molecule has 0 bridgehead atoms. The summed E-state index contributed by atoms with van der Waals surface area (Å²) in [5, 5.41) is 3.55. The SMILES string of the molecule is CC(C)Oc1cccc(C(C)NCc2cccc(Br)c2)c1. The predicted octanol–water partition coefficient (Wildman–Crippen LogP) is 5.09. The van der Waals surface area contributed by atoms with Gasteiger partial charge in [-0.15, -0.1) is 0 Å². The van der Waals surface area contributed by atoms with Crippen molar-refractivity contribution in [1.82, 2.24) is 5.32 Å². The van der Waals surface area contributed by atoms with E-state index in [1.54, 1.807) is 0 Å². The zero-order valence-corrected chi connectivity index (χ0v) is 14.4. The Morgan fingerprint density at radius 2 is 1.81 bits per heavy atom. The van der Waals surface area contributed by atoms with Gasteiger partial charge in [0, 0.05) is 17.1 Å². The Bertz CT molecular complexity index is 583. The van der Waals surface area contributed by atoms with E-state index in [-0.39, 0.29) is 12.1 Å². The summed E-state index contributed by atoms with van der Waals surface area (Å²) in [6, 6.07) is 16.9. The first-order chi connectivity index (χ1) is 10.0. The average molecular weight is 348 g/mol. The summed E-state index contributed by atoms with van der Waals surface area (Å²) >= 11 is 3.50. The molecule has 1 unspecified atom stereocenters. The van der Waals surface area contributed by atoms with E-state index in [2.05, 4.69) is 58.5 Å². The molecule has 0 aliphatic heterocycles. The highest BCUT2D eigenvalue weighted by Crippen LogP contribution is 2.20. The molecule has 2 aromatic carbocycles. The number of ether oxygens (including phenoxy) is 1. The van der Waals surface area contributed by atoms with Crippen molar-refractivity contribution in [3.63, 3.8) is 0 Å². The van der Waals surface area contributed by atoms with Crippen LogP contribution >= 0.6 is 15.9 Å². The molecule has 21 heavy (non-hydrogen) atoms. The Balaban J connectivity index is 1.98. The van der Waals surface area contributed by atoms with E-state index in [0.29, 0.717) is 0 Å². The summed E-state index contributed by atoms with van der Waals surface area (Å²) in [4.78, 5) is 0. The van der Waals surface area contributed by atoms with Crippen LogP contribution in [0.15, 0.2) is 53.0 Å². The molecule has 2 rings (SSSR count). The minimum absolute atomic E-state index is 0.199. The Morgan fingerprint density at radius 1 is 1.05 bits per heavy atom. The monoisotopic (exact) mass is 347 g/mol. The van der Waals surface area contributed by atoms with Gasteiger partial charge in [-0.05, 0) is 56.2 Å². The molecule has 0 heterocycles. The molecule has 112 valence electrons. The molecular formula is C18H22BrNO. The summed E-state index contributed by atoms with van der Waals surface area (Å²) < 4.78 is 6.86. The van der Waals surface area contributed by atoms with E-state index >= 15 is 0 Å². The van der Waals surface area contributed by atoms with Crippen molar-refractivity contribution in [2.24, 2.45) is 0 Å². The molecule has 1 atom stereocenters. The number of halogens is 1. The van der Waals surface area contributed by atoms with Crippen LogP contribution in [0.2, 0.25) is 0 Å². The van der Waals surface area contributed by atoms with Crippen molar-refractivity contribution in [1.29, 1.82) is 0 Å². The zero-order valence-electron chi connectivity index (χ0n) is 12.8. The largest absolute Gasteiger partial charge is 0.491 e. The van der Waals surface area contributed by atoms with Crippen molar-refractivity contribution in [3.8, 4) is 5.75 Å². The van der Waals surface area contributed by atoms with Crippen LogP contribution in [0.1, 0.15) is 37.9 Å². The van der Waals surface area contributed by atoms with Gasteiger partial charge in [-0.2, -0.15) is 0 Å². The van der Waals surface area contributed by atoms with Gasteiger partial charge in [0.05, 0.1) is 6.10 Å². The standard InChI is InChI=1S/C18H22BrNO/c1-13(2)21-18-9-5-7-16(11-18)14(3)20-12-15-6-4-8-17(19)10-15/h4-11,13-14,20H,12H2,1-3H3. The minimum Gasteiger partial charge on any atom is -0.491 e. The molecule has 0 amide bonds. The van der Waals surface area contributed by atoms with Crippen LogP contribution < -0.4 is 10.1 Å². The van der Waals surface area contributed by atoms with Crippen molar-refractivity contribution in [2.45, 2.75) is 39.5 Å². The van der Waals surface area contributed by atoms with Gasteiger partial charge in [-0.25, -0.2) is 0 Å². The second-order valence-electron chi connectivity index (χ2n) is 5.47. The first-order valence-electron chi connectivity index (χ1n) is 7.29. The molecule has 2 nitrogen and oxygen atoms in total. The number of nitrogens with one attached hydrogen (secondary N) is 1. The average Bonchev–Trinajstić information content (AvgIpc) is 2.44. The second-order valence-corrected chi connectivity index (χ2v) is 6.39. The molecule has 0 aliphatic carbocycles.